The number of nitrogens with zero attached hydrogens (tertiary/aromatic N) is 1. The van der Waals surface area contributed by atoms with E-state index in [2.05, 4.69) is 0 Å². The number of hydrogen-bond acceptors (Lipinski definition) is 5. The molecular formula is C28H31NO6S. The number of carboxylic acids is 1. The smallest absolute Gasteiger partial charge is 0.328 e. The van der Waals surface area contributed by atoms with Crippen LogP contribution in [-0.2, 0) is 34.3 Å². The van der Waals surface area contributed by atoms with Crippen molar-refractivity contribution in [2.75, 3.05) is 10.8 Å². The van der Waals surface area contributed by atoms with Crippen LogP contribution >= 0.6 is 0 Å². The van der Waals surface area contributed by atoms with Crippen LogP contribution in [-0.4, -0.2) is 26.0 Å². The third kappa shape index (κ3) is 5.82. The normalized spacial score (nSPS) is 13.3. The van der Waals surface area contributed by atoms with E-state index in [1.807, 2.05) is 50.2 Å². The number of hydrogen-bond donors (Lipinski definition) is 1. The summed E-state index contributed by atoms with van der Waals surface area (Å²) in [7, 11) is -3.94. The third-order valence-corrected chi connectivity index (χ3v) is 7.68. The second-order valence-electron chi connectivity index (χ2n) is 9.44. The second kappa shape index (κ2) is 10.6. The fourth-order valence-corrected chi connectivity index (χ4v) is 5.86. The van der Waals surface area contributed by atoms with E-state index in [1.54, 1.807) is 13.0 Å². The topological polar surface area (TPSA) is 97.0 Å². The number of ether oxygens (including phenoxy) is 1. The molecule has 0 saturated carbocycles. The Bertz CT molecular complexity index is 1370. The summed E-state index contributed by atoms with van der Waals surface area (Å²) < 4.78 is 40.5. The van der Waals surface area contributed by atoms with Crippen molar-refractivity contribution in [2.45, 2.75) is 51.7 Å². The highest BCUT2D eigenvalue weighted by atomic mass is 32.2. The molecule has 0 amide bonds. The standard InChI is InChI=1S/C28H31NO6S/c1-19(2)17-29(36(32,33)28-14-7-20(3)35-28)25-15-23-5-4-6-24(23)16-26(25)34-18-22-10-8-21(9-11-22)12-13-27(30)31/h7-16,19H,4-6,17-18H2,1-3H3,(H,30,31)/b13-12+. The summed E-state index contributed by atoms with van der Waals surface area (Å²) >= 11 is 0. The predicted molar refractivity (Wildman–Crippen MR) is 139 cm³/mol. The largest absolute Gasteiger partial charge is 0.487 e. The summed E-state index contributed by atoms with van der Waals surface area (Å²) in [5, 5.41) is 8.72. The average Bonchev–Trinajstić information content (AvgIpc) is 3.48. The fraction of sp³-hybridized carbons (Fsp3) is 0.321. The number of furan rings is 1. The van der Waals surface area contributed by atoms with Gasteiger partial charge in [-0.2, -0.15) is 8.42 Å². The molecule has 1 heterocycles. The molecule has 0 bridgehead atoms. The Kier molecular flexibility index (Phi) is 7.54. The Labute approximate surface area is 212 Å². The van der Waals surface area contributed by atoms with Gasteiger partial charge >= 0.3 is 5.97 Å². The van der Waals surface area contributed by atoms with E-state index in [0.717, 1.165) is 42.0 Å². The number of benzene rings is 2. The fourth-order valence-electron chi connectivity index (χ4n) is 4.27. The van der Waals surface area contributed by atoms with Crippen LogP contribution in [0.15, 0.2) is 64.1 Å². The van der Waals surface area contributed by atoms with Crippen molar-refractivity contribution in [3.8, 4) is 5.75 Å². The molecule has 8 heteroatoms. The van der Waals surface area contributed by atoms with E-state index < -0.39 is 16.0 Å². The van der Waals surface area contributed by atoms with Crippen LogP contribution in [0.3, 0.4) is 0 Å². The zero-order valence-corrected chi connectivity index (χ0v) is 21.5. The van der Waals surface area contributed by atoms with Gasteiger partial charge in [0.1, 0.15) is 18.1 Å². The molecule has 0 radical (unpaired) electrons. The molecule has 1 aliphatic carbocycles. The first kappa shape index (κ1) is 25.6. The highest BCUT2D eigenvalue weighted by Gasteiger charge is 2.32. The van der Waals surface area contributed by atoms with E-state index in [-0.39, 0.29) is 24.2 Å². The van der Waals surface area contributed by atoms with Gasteiger partial charge in [0.2, 0.25) is 5.09 Å². The minimum atomic E-state index is -3.94. The summed E-state index contributed by atoms with van der Waals surface area (Å²) in [5.74, 6) is 0.114. The lowest BCUT2D eigenvalue weighted by atomic mass is 10.1. The predicted octanol–water partition coefficient (Wildman–Crippen LogP) is 5.60. The van der Waals surface area contributed by atoms with Gasteiger partial charge in [0.15, 0.2) is 0 Å². The van der Waals surface area contributed by atoms with Gasteiger partial charge in [0, 0.05) is 12.6 Å². The van der Waals surface area contributed by atoms with Crippen molar-refractivity contribution in [3.63, 3.8) is 0 Å². The third-order valence-electron chi connectivity index (χ3n) is 6.03. The van der Waals surface area contributed by atoms with Crippen molar-refractivity contribution in [2.24, 2.45) is 5.92 Å². The maximum absolute atomic E-state index is 13.7. The van der Waals surface area contributed by atoms with Gasteiger partial charge < -0.3 is 14.3 Å². The Morgan fingerprint density at radius 1 is 1.11 bits per heavy atom. The number of fused-ring (bicyclic) bond motifs is 1. The van der Waals surface area contributed by atoms with E-state index in [4.69, 9.17) is 14.3 Å². The molecule has 1 aliphatic rings. The lowest BCUT2D eigenvalue weighted by Crippen LogP contribution is -2.34. The van der Waals surface area contributed by atoms with Crippen molar-refractivity contribution < 1.29 is 27.5 Å². The van der Waals surface area contributed by atoms with Crippen LogP contribution in [0.25, 0.3) is 6.08 Å². The summed E-state index contributed by atoms with van der Waals surface area (Å²) in [6, 6.07) is 14.4. The molecule has 190 valence electrons. The van der Waals surface area contributed by atoms with Crippen molar-refractivity contribution >= 4 is 27.8 Å². The van der Waals surface area contributed by atoms with E-state index in [9.17, 15) is 13.2 Å². The monoisotopic (exact) mass is 509 g/mol. The maximum atomic E-state index is 13.7. The number of sulfonamides is 1. The second-order valence-corrected chi connectivity index (χ2v) is 11.2. The molecule has 0 unspecified atom stereocenters. The van der Waals surface area contributed by atoms with E-state index in [1.165, 1.54) is 22.0 Å². The van der Waals surface area contributed by atoms with Crippen LogP contribution in [0.1, 0.15) is 48.3 Å². The van der Waals surface area contributed by atoms with Gasteiger partial charge in [-0.05, 0) is 84.7 Å². The van der Waals surface area contributed by atoms with Crippen LogP contribution in [0.2, 0.25) is 0 Å². The van der Waals surface area contributed by atoms with Gasteiger partial charge in [-0.1, -0.05) is 38.1 Å². The Balaban J connectivity index is 1.68. The first-order valence-electron chi connectivity index (χ1n) is 12.0. The van der Waals surface area contributed by atoms with Gasteiger partial charge in [0.05, 0.1) is 5.69 Å². The van der Waals surface area contributed by atoms with Crippen LogP contribution in [0, 0.1) is 12.8 Å². The number of aliphatic carboxylic acids is 1. The van der Waals surface area contributed by atoms with Crippen LogP contribution in [0.4, 0.5) is 5.69 Å². The number of anilines is 1. The lowest BCUT2D eigenvalue weighted by Gasteiger charge is -2.28. The maximum Gasteiger partial charge on any atom is 0.328 e. The number of carbonyl (C=O) groups is 1. The minimum Gasteiger partial charge on any atom is -0.487 e. The zero-order valence-electron chi connectivity index (χ0n) is 20.7. The quantitative estimate of drug-likeness (QED) is 0.357. The van der Waals surface area contributed by atoms with Gasteiger partial charge in [-0.3, -0.25) is 4.31 Å². The van der Waals surface area contributed by atoms with Gasteiger partial charge in [-0.25, -0.2) is 4.79 Å². The van der Waals surface area contributed by atoms with Gasteiger partial charge in [0.25, 0.3) is 10.0 Å². The Hall–Kier alpha value is -3.52. The molecule has 4 rings (SSSR count). The zero-order chi connectivity index (χ0) is 25.9. The summed E-state index contributed by atoms with van der Waals surface area (Å²) in [6.45, 7) is 6.19. The Morgan fingerprint density at radius 3 is 2.42 bits per heavy atom. The SMILES string of the molecule is Cc1ccc(S(=O)(=O)N(CC(C)C)c2cc3c(cc2OCc2ccc(/C=C/C(=O)O)cc2)CCC3)o1. The highest BCUT2D eigenvalue weighted by Crippen LogP contribution is 2.39. The lowest BCUT2D eigenvalue weighted by molar-refractivity contribution is -0.131. The molecule has 0 fully saturated rings. The number of rotatable bonds is 10. The molecule has 0 spiro atoms. The minimum absolute atomic E-state index is 0.0725. The van der Waals surface area contributed by atoms with E-state index >= 15 is 0 Å². The molecule has 3 aromatic rings. The molecule has 0 aliphatic heterocycles. The molecule has 1 aromatic heterocycles. The van der Waals surface area contributed by atoms with Gasteiger partial charge in [-0.15, -0.1) is 0 Å². The van der Waals surface area contributed by atoms with Crippen molar-refractivity contribution in [1.82, 2.24) is 0 Å². The van der Waals surface area contributed by atoms with E-state index in [0.29, 0.717) is 17.2 Å². The number of carboxylic acid groups (broad SMARTS) is 1. The molecule has 1 N–H and O–H groups in total. The van der Waals surface area contributed by atoms with Crippen molar-refractivity contribution in [3.05, 3.63) is 82.6 Å². The average molecular weight is 510 g/mol. The molecule has 7 nitrogen and oxygen atoms in total. The molecule has 0 saturated heterocycles. The molecule has 0 atom stereocenters. The Morgan fingerprint density at radius 2 is 1.81 bits per heavy atom. The van der Waals surface area contributed by atoms with Crippen LogP contribution in [0.5, 0.6) is 5.75 Å². The molecule has 2 aromatic carbocycles. The summed E-state index contributed by atoms with van der Waals surface area (Å²) in [5.41, 5.74) is 4.49. The number of aryl methyl sites for hydroxylation is 3. The van der Waals surface area contributed by atoms with Crippen LogP contribution < -0.4 is 9.04 Å². The summed E-state index contributed by atoms with van der Waals surface area (Å²) in [4.78, 5) is 10.7. The highest BCUT2D eigenvalue weighted by molar-refractivity contribution is 7.92. The first-order chi connectivity index (χ1) is 17.1. The van der Waals surface area contributed by atoms with Crippen molar-refractivity contribution in [1.29, 1.82) is 0 Å². The summed E-state index contributed by atoms with van der Waals surface area (Å²) in [6.07, 6.45) is 5.48. The molecular weight excluding hydrogens is 478 g/mol. The first-order valence-corrected chi connectivity index (χ1v) is 13.4. The molecule has 36 heavy (non-hydrogen) atoms.